The Bertz CT molecular complexity index is 1340. The first-order valence-corrected chi connectivity index (χ1v) is 14.1. The average molecular weight is 642 g/mol. The minimum absolute atomic E-state index is 0.0400. The quantitative estimate of drug-likeness (QED) is 0.0840. The fraction of sp³-hybridized carbons (Fsp3) is 0.538. The summed E-state index contributed by atoms with van der Waals surface area (Å²) in [5.74, 6) is -3.31. The van der Waals surface area contributed by atoms with Crippen LogP contribution < -0.4 is 16.0 Å². The number of unbranched alkanes of at least 4 members (excludes halogenated alkanes) is 1. The molecule has 0 saturated carbocycles. The smallest absolute Gasteiger partial charge is 0.481 e. The molecule has 2 atom stereocenters. The van der Waals surface area contributed by atoms with Crippen LogP contribution in [-0.4, -0.2) is 110 Å². The molecule has 0 aliphatic rings. The number of carbonyl (C=O) groups is 5. The van der Waals surface area contributed by atoms with Crippen molar-refractivity contribution in [3.05, 3.63) is 41.5 Å². The largest absolute Gasteiger partial charge is 0.531 e. The summed E-state index contributed by atoms with van der Waals surface area (Å²) in [6.07, 6.45) is 2.25. The van der Waals surface area contributed by atoms with E-state index in [0.717, 1.165) is 0 Å². The molecule has 19 heteroatoms. The maximum atomic E-state index is 12.8. The van der Waals surface area contributed by atoms with Gasteiger partial charge in [0.15, 0.2) is 5.78 Å². The Morgan fingerprint density at radius 1 is 1.00 bits per heavy atom. The predicted octanol–water partition coefficient (Wildman–Crippen LogP) is 1.16. The lowest BCUT2D eigenvalue weighted by atomic mass is 9.90. The predicted molar refractivity (Wildman–Crippen MR) is 154 cm³/mol. The Labute approximate surface area is 257 Å². The number of carboxylic acid groups (broad SMARTS) is 2. The molecule has 0 spiro atoms. The van der Waals surface area contributed by atoms with Crippen molar-refractivity contribution < 1.29 is 51.6 Å². The van der Waals surface area contributed by atoms with Crippen molar-refractivity contribution in [1.82, 2.24) is 35.9 Å². The number of quaternary nitrogens is 1. The van der Waals surface area contributed by atoms with Crippen molar-refractivity contribution in [2.75, 3.05) is 27.1 Å². The molecule has 15 nitrogen and oxygen atoms in total. The molecule has 0 aromatic carbocycles. The van der Waals surface area contributed by atoms with E-state index in [-0.39, 0.29) is 48.9 Å². The molecule has 45 heavy (non-hydrogen) atoms. The maximum Gasteiger partial charge on any atom is 0.531 e. The molecule has 0 bridgehead atoms. The van der Waals surface area contributed by atoms with Crippen LogP contribution >= 0.6 is 0 Å². The second-order valence-electron chi connectivity index (χ2n) is 11.3. The molecular formula is C26H38BF3N8O7. The third-order valence-electron chi connectivity index (χ3n) is 6.54. The van der Waals surface area contributed by atoms with Gasteiger partial charge in [-0.1, -0.05) is 5.21 Å². The average Bonchev–Trinajstić information content (AvgIpc) is 3.34. The van der Waals surface area contributed by atoms with Gasteiger partial charge in [0.05, 0.1) is 50.6 Å². The van der Waals surface area contributed by atoms with Gasteiger partial charge in [0, 0.05) is 19.2 Å². The van der Waals surface area contributed by atoms with Gasteiger partial charge in [-0.05, 0) is 44.7 Å². The van der Waals surface area contributed by atoms with Crippen LogP contribution in [0.5, 0.6) is 0 Å². The van der Waals surface area contributed by atoms with Crippen molar-refractivity contribution in [3.63, 3.8) is 0 Å². The molecule has 2 heterocycles. The summed E-state index contributed by atoms with van der Waals surface area (Å²) < 4.78 is 39.6. The molecule has 0 radical (unpaired) electrons. The van der Waals surface area contributed by atoms with Crippen LogP contribution in [-0.2, 0) is 27.5 Å². The molecule has 5 N–H and O–H groups in total. The van der Waals surface area contributed by atoms with Crippen molar-refractivity contribution in [2.45, 2.75) is 64.2 Å². The Hall–Kier alpha value is -4.55. The molecular weight excluding hydrogens is 604 g/mol. The Morgan fingerprint density at radius 2 is 1.69 bits per heavy atom. The number of amides is 3. The number of aliphatic carboxylic acids is 2. The van der Waals surface area contributed by atoms with E-state index in [4.69, 9.17) is 5.11 Å². The van der Waals surface area contributed by atoms with Crippen LogP contribution in [0.15, 0.2) is 24.5 Å². The van der Waals surface area contributed by atoms with Gasteiger partial charge in [0.25, 0.3) is 5.91 Å². The number of carbonyl (C=O) groups excluding carboxylic acids is 3. The summed E-state index contributed by atoms with van der Waals surface area (Å²) in [4.78, 5) is 62.8. The van der Waals surface area contributed by atoms with Gasteiger partial charge < -0.3 is 43.6 Å². The summed E-state index contributed by atoms with van der Waals surface area (Å²) in [6.45, 7) is -3.31. The van der Waals surface area contributed by atoms with E-state index in [1.165, 1.54) is 31.9 Å². The third-order valence-corrected chi connectivity index (χ3v) is 6.54. The van der Waals surface area contributed by atoms with E-state index in [2.05, 4.69) is 31.2 Å². The molecule has 2 aromatic heterocycles. The molecule has 0 aliphatic carbocycles. The number of hydrogen-bond acceptors (Lipinski definition) is 8. The summed E-state index contributed by atoms with van der Waals surface area (Å²) in [6, 6.07) is -0.0891. The summed E-state index contributed by atoms with van der Waals surface area (Å²) in [7, 11) is 2.93. The minimum atomic E-state index is -4.95. The number of nitrogens with zero attached hydrogens (tertiary/aromatic N) is 5. The van der Waals surface area contributed by atoms with E-state index in [9.17, 15) is 42.0 Å². The molecule has 0 saturated heterocycles. The van der Waals surface area contributed by atoms with Gasteiger partial charge in [-0.25, -0.2) is 14.3 Å². The van der Waals surface area contributed by atoms with Crippen LogP contribution in [0.2, 0.25) is 0 Å². The normalized spacial score (nSPS) is 13.0. The summed E-state index contributed by atoms with van der Waals surface area (Å²) >= 11 is 0. The lowest BCUT2D eigenvalue weighted by Crippen LogP contribution is -2.50. The number of hydrogen-bond donors (Lipinski definition) is 5. The Balaban J connectivity index is 1.77. The first-order chi connectivity index (χ1) is 20.9. The standard InChI is InChI=1S/C26H38BF3N8O7/c1-17(39)21(9-10-23(40)41)33-26(45)34-22(25(43)44)6-4-5-11-31-24(42)18-7-8-19(32-12-18)13-37-14-20(35-36-37)15-38(2,3)16-27(28,29)30/h7-8,12,14,21-22H,4-6,9-11,13,15-16H2,1-3H3,(H,31,42)(H,40,41)(H,43,44)(H2,33,34,45)/t21-,22-/m0/s1. The molecule has 0 aliphatic heterocycles. The monoisotopic (exact) mass is 642 g/mol. The number of rotatable bonds is 19. The molecule has 2 aromatic rings. The number of Topliss-reactive ketones (excluding diaryl/α,β-unsaturated/α-hetero) is 1. The van der Waals surface area contributed by atoms with E-state index >= 15 is 0 Å². The van der Waals surface area contributed by atoms with Crippen LogP contribution in [0.1, 0.15) is 60.8 Å². The van der Waals surface area contributed by atoms with Crippen LogP contribution in [0.4, 0.5) is 17.7 Å². The Morgan fingerprint density at radius 3 is 2.27 bits per heavy atom. The van der Waals surface area contributed by atoms with E-state index in [0.29, 0.717) is 24.2 Å². The van der Waals surface area contributed by atoms with E-state index in [1.807, 2.05) is 0 Å². The zero-order chi connectivity index (χ0) is 33.8. The van der Waals surface area contributed by atoms with Crippen molar-refractivity contribution in [1.29, 1.82) is 0 Å². The molecule has 248 valence electrons. The van der Waals surface area contributed by atoms with Gasteiger partial charge in [-0.15, -0.1) is 5.10 Å². The number of carboxylic acids is 2. The van der Waals surface area contributed by atoms with Crippen LogP contribution in [0.25, 0.3) is 0 Å². The number of ketones is 1. The van der Waals surface area contributed by atoms with Gasteiger partial charge in [0.2, 0.25) is 0 Å². The Kier molecular flexibility index (Phi) is 13.4. The lowest BCUT2D eigenvalue weighted by Gasteiger charge is -2.33. The zero-order valence-electron chi connectivity index (χ0n) is 25.2. The number of halogens is 3. The summed E-state index contributed by atoms with van der Waals surface area (Å²) in [5.41, 5.74) is 1.22. The second-order valence-corrected chi connectivity index (χ2v) is 11.3. The number of urea groups is 1. The first-order valence-electron chi connectivity index (χ1n) is 14.1. The van der Waals surface area contributed by atoms with Gasteiger partial charge >= 0.3 is 24.9 Å². The molecule has 0 fully saturated rings. The zero-order valence-corrected chi connectivity index (χ0v) is 25.2. The third kappa shape index (κ3) is 14.2. The molecule has 0 unspecified atom stereocenters. The fourth-order valence-electron chi connectivity index (χ4n) is 4.41. The topological polar surface area (TPSA) is 205 Å². The number of nitrogens with one attached hydrogen (secondary N) is 3. The van der Waals surface area contributed by atoms with Crippen molar-refractivity contribution >= 4 is 36.6 Å². The highest BCUT2D eigenvalue weighted by Gasteiger charge is 2.34. The van der Waals surface area contributed by atoms with Gasteiger partial charge in [0.1, 0.15) is 18.3 Å². The lowest BCUT2D eigenvalue weighted by molar-refractivity contribution is -0.895. The number of aromatic nitrogens is 4. The van der Waals surface area contributed by atoms with Crippen LogP contribution in [0.3, 0.4) is 0 Å². The van der Waals surface area contributed by atoms with E-state index in [1.54, 1.807) is 18.3 Å². The minimum Gasteiger partial charge on any atom is -0.481 e. The second kappa shape index (κ2) is 16.5. The van der Waals surface area contributed by atoms with Crippen molar-refractivity contribution in [2.24, 2.45) is 0 Å². The SMILES string of the molecule is CC(=O)[C@H](CCC(=O)O)NC(=O)N[C@@H](CCCCNC(=O)c1ccc(Cn2cc(C[N+](C)(C)C[B-](F)(F)F)nn2)nc1)C(=O)O. The van der Waals surface area contributed by atoms with Crippen LogP contribution in [0, 0.1) is 0 Å². The first kappa shape index (κ1) is 36.6. The molecule has 3 amide bonds. The molecule has 2 rings (SSSR count). The fourth-order valence-corrected chi connectivity index (χ4v) is 4.41. The maximum absolute atomic E-state index is 12.8. The van der Waals surface area contributed by atoms with E-state index < -0.39 is 55.2 Å². The highest BCUT2D eigenvalue weighted by Crippen LogP contribution is 2.16. The van der Waals surface area contributed by atoms with Gasteiger partial charge in [-0.3, -0.25) is 19.4 Å². The highest BCUT2D eigenvalue weighted by molar-refractivity contribution is 6.58. The van der Waals surface area contributed by atoms with Crippen molar-refractivity contribution in [3.8, 4) is 0 Å². The highest BCUT2D eigenvalue weighted by atomic mass is 19.4. The summed E-state index contributed by atoms with van der Waals surface area (Å²) in [5, 5.41) is 33.3. The van der Waals surface area contributed by atoms with Gasteiger partial charge in [-0.2, -0.15) is 0 Å². The number of pyridine rings is 1.